The van der Waals surface area contributed by atoms with E-state index in [1.54, 1.807) is 23.1 Å². The molecule has 1 heterocycles. The average Bonchev–Trinajstić information content (AvgIpc) is 2.80. The standard InChI is InChI=1S/C14H17NOS2/c1-3-12-13(8-16)18-14(15-12)9-17-11-6-4-10(2)5-7-11/h4-7,16H,3,8-9H2,1-2H3. The molecule has 0 saturated carbocycles. The minimum absolute atomic E-state index is 0.107. The highest BCUT2D eigenvalue weighted by molar-refractivity contribution is 7.98. The van der Waals surface area contributed by atoms with Gasteiger partial charge in [0.15, 0.2) is 0 Å². The lowest BCUT2D eigenvalue weighted by Gasteiger charge is -1.99. The second-order valence-corrected chi connectivity index (χ2v) is 6.31. The van der Waals surface area contributed by atoms with Crippen molar-refractivity contribution >= 4 is 23.1 Å². The smallest absolute Gasteiger partial charge is 0.103 e. The highest BCUT2D eigenvalue weighted by Crippen LogP contribution is 2.27. The molecule has 96 valence electrons. The maximum absolute atomic E-state index is 9.24. The molecule has 0 atom stereocenters. The lowest BCUT2D eigenvalue weighted by atomic mass is 10.2. The summed E-state index contributed by atoms with van der Waals surface area (Å²) in [5.74, 6) is 0.876. The molecule has 0 bridgehead atoms. The van der Waals surface area contributed by atoms with Crippen molar-refractivity contribution in [2.45, 2.75) is 37.5 Å². The van der Waals surface area contributed by atoms with Crippen LogP contribution in [-0.4, -0.2) is 10.1 Å². The van der Waals surface area contributed by atoms with Crippen LogP contribution in [0.2, 0.25) is 0 Å². The molecule has 0 saturated heterocycles. The molecule has 0 amide bonds. The maximum Gasteiger partial charge on any atom is 0.103 e. The Balaban J connectivity index is 2.01. The van der Waals surface area contributed by atoms with Crippen LogP contribution in [0.3, 0.4) is 0 Å². The number of thiazole rings is 1. The van der Waals surface area contributed by atoms with E-state index in [9.17, 15) is 5.11 Å². The molecule has 0 unspecified atom stereocenters. The Morgan fingerprint density at radius 3 is 2.56 bits per heavy atom. The zero-order valence-electron chi connectivity index (χ0n) is 10.6. The molecule has 0 fully saturated rings. The summed E-state index contributed by atoms with van der Waals surface area (Å²) in [6, 6.07) is 8.53. The fourth-order valence-corrected chi connectivity index (χ4v) is 3.59. The summed E-state index contributed by atoms with van der Waals surface area (Å²) in [5.41, 5.74) is 2.33. The quantitative estimate of drug-likeness (QED) is 0.845. The van der Waals surface area contributed by atoms with Crippen molar-refractivity contribution < 1.29 is 5.11 Å². The number of hydrogen-bond donors (Lipinski definition) is 1. The third-order valence-corrected chi connectivity index (χ3v) is 4.97. The normalized spacial score (nSPS) is 10.8. The van der Waals surface area contributed by atoms with Crippen LogP contribution in [0.5, 0.6) is 0 Å². The van der Waals surface area contributed by atoms with Crippen molar-refractivity contribution in [2.75, 3.05) is 0 Å². The molecule has 0 aliphatic carbocycles. The Morgan fingerprint density at radius 2 is 2.00 bits per heavy atom. The first-order valence-corrected chi connectivity index (χ1v) is 7.81. The van der Waals surface area contributed by atoms with Crippen LogP contribution in [0.25, 0.3) is 0 Å². The molecule has 0 aliphatic rings. The van der Waals surface area contributed by atoms with E-state index in [0.29, 0.717) is 0 Å². The predicted octanol–water partition coefficient (Wildman–Crippen LogP) is 3.80. The Labute approximate surface area is 116 Å². The minimum atomic E-state index is 0.107. The fourth-order valence-electron chi connectivity index (χ4n) is 1.68. The highest BCUT2D eigenvalue weighted by atomic mass is 32.2. The zero-order valence-corrected chi connectivity index (χ0v) is 12.3. The first-order chi connectivity index (χ1) is 8.72. The average molecular weight is 279 g/mol. The molecule has 1 aromatic heterocycles. The topological polar surface area (TPSA) is 33.1 Å². The van der Waals surface area contributed by atoms with Crippen LogP contribution in [0.15, 0.2) is 29.2 Å². The van der Waals surface area contributed by atoms with Gasteiger partial charge in [0.2, 0.25) is 0 Å². The van der Waals surface area contributed by atoms with E-state index in [-0.39, 0.29) is 6.61 Å². The minimum Gasteiger partial charge on any atom is -0.391 e. The van der Waals surface area contributed by atoms with Gasteiger partial charge in [-0.15, -0.1) is 23.1 Å². The van der Waals surface area contributed by atoms with E-state index in [0.717, 1.165) is 27.8 Å². The van der Waals surface area contributed by atoms with E-state index >= 15 is 0 Å². The van der Waals surface area contributed by atoms with Crippen LogP contribution >= 0.6 is 23.1 Å². The van der Waals surface area contributed by atoms with Crippen molar-refractivity contribution in [1.82, 2.24) is 4.98 Å². The SMILES string of the molecule is CCc1nc(CSc2ccc(C)cc2)sc1CO. The third kappa shape index (κ3) is 3.34. The lowest BCUT2D eigenvalue weighted by molar-refractivity contribution is 0.284. The van der Waals surface area contributed by atoms with Gasteiger partial charge in [-0.2, -0.15) is 0 Å². The molecule has 1 aromatic carbocycles. The number of nitrogens with zero attached hydrogens (tertiary/aromatic N) is 1. The monoisotopic (exact) mass is 279 g/mol. The molecule has 2 aromatic rings. The molecule has 0 spiro atoms. The number of benzene rings is 1. The van der Waals surface area contributed by atoms with Gasteiger partial charge in [0.05, 0.1) is 22.9 Å². The van der Waals surface area contributed by atoms with Gasteiger partial charge in [-0.05, 0) is 25.5 Å². The summed E-state index contributed by atoms with van der Waals surface area (Å²) >= 11 is 3.42. The van der Waals surface area contributed by atoms with Gasteiger partial charge in [-0.1, -0.05) is 24.6 Å². The fraction of sp³-hybridized carbons (Fsp3) is 0.357. The van der Waals surface area contributed by atoms with E-state index in [2.05, 4.69) is 43.1 Å². The Kier molecular flexibility index (Phi) is 4.80. The summed E-state index contributed by atoms with van der Waals surface area (Å²) in [6.07, 6.45) is 0.890. The second kappa shape index (κ2) is 6.36. The highest BCUT2D eigenvalue weighted by Gasteiger charge is 2.08. The van der Waals surface area contributed by atoms with E-state index < -0.39 is 0 Å². The molecule has 0 aliphatic heterocycles. The van der Waals surface area contributed by atoms with Crippen molar-refractivity contribution in [3.63, 3.8) is 0 Å². The first kappa shape index (κ1) is 13.6. The van der Waals surface area contributed by atoms with Gasteiger partial charge in [0.25, 0.3) is 0 Å². The maximum atomic E-state index is 9.24. The van der Waals surface area contributed by atoms with Crippen molar-refractivity contribution in [2.24, 2.45) is 0 Å². The van der Waals surface area contributed by atoms with Gasteiger partial charge in [-0.25, -0.2) is 4.98 Å². The molecular formula is C14H17NOS2. The van der Waals surface area contributed by atoms with Crippen LogP contribution in [0, 0.1) is 6.92 Å². The van der Waals surface area contributed by atoms with Gasteiger partial charge in [0.1, 0.15) is 5.01 Å². The number of aliphatic hydroxyl groups excluding tert-OH is 1. The number of aromatic nitrogens is 1. The van der Waals surface area contributed by atoms with Gasteiger partial charge in [-0.3, -0.25) is 0 Å². The van der Waals surface area contributed by atoms with Crippen LogP contribution in [0.1, 0.15) is 28.1 Å². The first-order valence-electron chi connectivity index (χ1n) is 6.00. The van der Waals surface area contributed by atoms with Crippen LogP contribution < -0.4 is 0 Å². The third-order valence-electron chi connectivity index (χ3n) is 2.68. The Hall–Kier alpha value is -0.840. The molecule has 0 radical (unpaired) electrons. The van der Waals surface area contributed by atoms with Crippen molar-refractivity contribution in [3.8, 4) is 0 Å². The number of rotatable bonds is 5. The zero-order chi connectivity index (χ0) is 13.0. The largest absolute Gasteiger partial charge is 0.391 e. The molecular weight excluding hydrogens is 262 g/mol. The van der Waals surface area contributed by atoms with Crippen molar-refractivity contribution in [3.05, 3.63) is 45.4 Å². The van der Waals surface area contributed by atoms with Gasteiger partial charge < -0.3 is 5.11 Å². The predicted molar refractivity (Wildman–Crippen MR) is 78.2 cm³/mol. The van der Waals surface area contributed by atoms with E-state index in [1.807, 2.05) is 0 Å². The lowest BCUT2D eigenvalue weighted by Crippen LogP contribution is -1.87. The summed E-state index contributed by atoms with van der Waals surface area (Å²) in [7, 11) is 0. The molecule has 4 heteroatoms. The molecule has 2 rings (SSSR count). The number of aliphatic hydroxyl groups is 1. The molecule has 18 heavy (non-hydrogen) atoms. The molecule has 2 nitrogen and oxygen atoms in total. The number of aryl methyl sites for hydroxylation is 2. The molecule has 1 N–H and O–H groups in total. The Bertz CT molecular complexity index is 484. The van der Waals surface area contributed by atoms with Gasteiger partial charge in [0, 0.05) is 4.90 Å². The van der Waals surface area contributed by atoms with E-state index in [1.165, 1.54) is 10.5 Å². The summed E-state index contributed by atoms with van der Waals surface area (Å²) < 4.78 is 0. The second-order valence-electron chi connectivity index (χ2n) is 4.09. The summed E-state index contributed by atoms with van der Waals surface area (Å²) in [6.45, 7) is 4.28. The van der Waals surface area contributed by atoms with E-state index in [4.69, 9.17) is 0 Å². The number of thioether (sulfide) groups is 1. The van der Waals surface area contributed by atoms with Crippen molar-refractivity contribution in [1.29, 1.82) is 0 Å². The van der Waals surface area contributed by atoms with Crippen LogP contribution in [0.4, 0.5) is 0 Å². The van der Waals surface area contributed by atoms with Gasteiger partial charge >= 0.3 is 0 Å². The number of hydrogen-bond acceptors (Lipinski definition) is 4. The summed E-state index contributed by atoms with van der Waals surface area (Å²) in [5, 5.41) is 10.3. The Morgan fingerprint density at radius 1 is 1.28 bits per heavy atom. The van der Waals surface area contributed by atoms with Crippen LogP contribution in [-0.2, 0) is 18.8 Å². The summed E-state index contributed by atoms with van der Waals surface area (Å²) in [4.78, 5) is 6.84.